The smallest absolute Gasteiger partial charge is 0.338 e. The largest absolute Gasteiger partial charge is 0.497 e. The van der Waals surface area contributed by atoms with Gasteiger partial charge in [0.25, 0.3) is 5.91 Å². The average molecular weight is 398 g/mol. The zero-order valence-corrected chi connectivity index (χ0v) is 16.6. The molecule has 1 aliphatic heterocycles. The summed E-state index contributed by atoms with van der Waals surface area (Å²) < 4.78 is 15.6. The third-order valence-electron chi connectivity index (χ3n) is 4.66. The predicted molar refractivity (Wildman–Crippen MR) is 108 cm³/mol. The first-order valence-electron chi connectivity index (χ1n) is 9.60. The van der Waals surface area contributed by atoms with Crippen molar-refractivity contribution in [2.24, 2.45) is 0 Å². The summed E-state index contributed by atoms with van der Waals surface area (Å²) in [6.07, 6.45) is 0. The molecule has 2 aromatic rings. The predicted octanol–water partition coefficient (Wildman–Crippen LogP) is 2.00. The summed E-state index contributed by atoms with van der Waals surface area (Å²) >= 11 is 0. The van der Waals surface area contributed by atoms with Gasteiger partial charge in [-0.15, -0.1) is 0 Å². The lowest BCUT2D eigenvalue weighted by molar-refractivity contribution is -0.124. The van der Waals surface area contributed by atoms with Crippen molar-refractivity contribution in [3.05, 3.63) is 65.2 Å². The molecule has 1 saturated heterocycles. The monoisotopic (exact) mass is 398 g/mol. The Morgan fingerprint density at radius 1 is 1.07 bits per heavy atom. The van der Waals surface area contributed by atoms with E-state index in [2.05, 4.69) is 10.2 Å². The third kappa shape index (κ3) is 6.58. The fraction of sp³-hybridized carbons (Fsp3) is 0.364. The summed E-state index contributed by atoms with van der Waals surface area (Å²) in [6.45, 7) is 4.17. The minimum atomic E-state index is -0.514. The Labute approximate surface area is 170 Å². The highest BCUT2D eigenvalue weighted by Gasteiger charge is 2.13. The number of esters is 1. The summed E-state index contributed by atoms with van der Waals surface area (Å²) in [7, 11) is 1.59. The normalized spacial score (nSPS) is 14.2. The van der Waals surface area contributed by atoms with Gasteiger partial charge in [-0.2, -0.15) is 0 Å². The SMILES string of the molecule is COc1cccc(CNC(=O)COC(=O)c2ccc(CN3CCOCC3)cc2)c1. The van der Waals surface area contributed by atoms with Gasteiger partial charge >= 0.3 is 5.97 Å². The number of nitrogens with one attached hydrogen (secondary N) is 1. The molecule has 29 heavy (non-hydrogen) atoms. The molecule has 0 aliphatic carbocycles. The minimum absolute atomic E-state index is 0.321. The van der Waals surface area contributed by atoms with Crippen LogP contribution in [0.1, 0.15) is 21.5 Å². The van der Waals surface area contributed by atoms with Crippen molar-refractivity contribution in [3.8, 4) is 5.75 Å². The molecule has 2 aromatic carbocycles. The molecule has 0 bridgehead atoms. The first-order valence-corrected chi connectivity index (χ1v) is 9.60. The minimum Gasteiger partial charge on any atom is -0.497 e. The number of methoxy groups -OCH3 is 1. The lowest BCUT2D eigenvalue weighted by atomic mass is 10.1. The van der Waals surface area contributed by atoms with Gasteiger partial charge in [-0.05, 0) is 35.4 Å². The van der Waals surface area contributed by atoms with Crippen LogP contribution in [0.3, 0.4) is 0 Å². The van der Waals surface area contributed by atoms with E-state index in [-0.39, 0.29) is 12.5 Å². The maximum atomic E-state index is 12.2. The van der Waals surface area contributed by atoms with Crippen LogP contribution in [0.15, 0.2) is 48.5 Å². The van der Waals surface area contributed by atoms with Gasteiger partial charge in [-0.3, -0.25) is 9.69 Å². The molecule has 3 rings (SSSR count). The van der Waals surface area contributed by atoms with Crippen molar-refractivity contribution in [1.29, 1.82) is 0 Å². The molecular formula is C22H26N2O5. The number of benzene rings is 2. The summed E-state index contributed by atoms with van der Waals surface area (Å²) in [4.78, 5) is 26.4. The van der Waals surface area contributed by atoms with Crippen LogP contribution in [0.5, 0.6) is 5.75 Å². The van der Waals surface area contributed by atoms with Crippen LogP contribution in [0, 0.1) is 0 Å². The van der Waals surface area contributed by atoms with Gasteiger partial charge in [0, 0.05) is 26.2 Å². The van der Waals surface area contributed by atoms with Gasteiger partial charge in [0.2, 0.25) is 0 Å². The Balaban J connectivity index is 1.41. The van der Waals surface area contributed by atoms with Crippen molar-refractivity contribution in [1.82, 2.24) is 10.2 Å². The summed E-state index contributed by atoms with van der Waals surface area (Å²) in [5.41, 5.74) is 2.45. The molecule has 1 heterocycles. The molecule has 1 amide bonds. The lowest BCUT2D eigenvalue weighted by Crippen LogP contribution is -2.35. The second kappa shape index (κ2) is 10.6. The molecule has 1 N–H and O–H groups in total. The van der Waals surface area contributed by atoms with Crippen LogP contribution in [-0.4, -0.2) is 56.8 Å². The fourth-order valence-corrected chi connectivity index (χ4v) is 3.01. The van der Waals surface area contributed by atoms with E-state index in [4.69, 9.17) is 14.2 Å². The molecule has 0 radical (unpaired) electrons. The number of nitrogens with zero attached hydrogens (tertiary/aromatic N) is 1. The molecule has 0 aromatic heterocycles. The molecule has 1 aliphatic rings. The van der Waals surface area contributed by atoms with E-state index >= 15 is 0 Å². The van der Waals surface area contributed by atoms with Gasteiger partial charge in [0.1, 0.15) is 5.75 Å². The molecule has 0 saturated carbocycles. The van der Waals surface area contributed by atoms with Crippen LogP contribution in [0.25, 0.3) is 0 Å². The molecule has 0 atom stereocenters. The van der Waals surface area contributed by atoms with Gasteiger partial charge in [0.05, 0.1) is 25.9 Å². The standard InChI is InChI=1S/C22H26N2O5/c1-27-20-4-2-3-18(13-20)14-23-21(25)16-29-22(26)19-7-5-17(6-8-19)15-24-9-11-28-12-10-24/h2-8,13H,9-12,14-16H2,1H3,(H,23,25). The fourth-order valence-electron chi connectivity index (χ4n) is 3.01. The summed E-state index contributed by atoms with van der Waals surface area (Å²) in [5, 5.41) is 2.72. The van der Waals surface area contributed by atoms with Gasteiger partial charge in [-0.1, -0.05) is 24.3 Å². The number of rotatable bonds is 8. The maximum Gasteiger partial charge on any atom is 0.338 e. The summed E-state index contributed by atoms with van der Waals surface area (Å²) in [6, 6.07) is 14.7. The second-order valence-electron chi connectivity index (χ2n) is 6.79. The van der Waals surface area contributed by atoms with Crippen LogP contribution in [0.2, 0.25) is 0 Å². The molecular weight excluding hydrogens is 372 g/mol. The zero-order valence-electron chi connectivity index (χ0n) is 16.6. The molecule has 0 spiro atoms. The lowest BCUT2D eigenvalue weighted by Gasteiger charge is -2.26. The Morgan fingerprint density at radius 3 is 2.55 bits per heavy atom. The second-order valence-corrected chi connectivity index (χ2v) is 6.79. The highest BCUT2D eigenvalue weighted by molar-refractivity contribution is 5.91. The van der Waals surface area contributed by atoms with Crippen LogP contribution in [0.4, 0.5) is 0 Å². The number of ether oxygens (including phenoxy) is 3. The van der Waals surface area contributed by atoms with Crippen LogP contribution < -0.4 is 10.1 Å². The molecule has 1 fully saturated rings. The van der Waals surface area contributed by atoms with E-state index in [1.165, 1.54) is 0 Å². The van der Waals surface area contributed by atoms with E-state index in [0.717, 1.165) is 49.7 Å². The van der Waals surface area contributed by atoms with E-state index in [1.54, 1.807) is 19.2 Å². The maximum absolute atomic E-state index is 12.2. The Kier molecular flexibility index (Phi) is 7.61. The molecule has 154 valence electrons. The van der Waals surface area contributed by atoms with E-state index < -0.39 is 5.97 Å². The van der Waals surface area contributed by atoms with Crippen LogP contribution in [-0.2, 0) is 27.4 Å². The van der Waals surface area contributed by atoms with Crippen molar-refractivity contribution in [2.45, 2.75) is 13.1 Å². The zero-order chi connectivity index (χ0) is 20.5. The van der Waals surface area contributed by atoms with Crippen molar-refractivity contribution in [2.75, 3.05) is 40.0 Å². The Bertz CT molecular complexity index is 816. The topological polar surface area (TPSA) is 77.1 Å². The van der Waals surface area contributed by atoms with Crippen LogP contribution >= 0.6 is 0 Å². The van der Waals surface area contributed by atoms with Crippen molar-refractivity contribution < 1.29 is 23.8 Å². The van der Waals surface area contributed by atoms with Gasteiger partial charge in [0.15, 0.2) is 6.61 Å². The van der Waals surface area contributed by atoms with Gasteiger partial charge < -0.3 is 19.5 Å². The molecule has 7 nitrogen and oxygen atoms in total. The number of morpholine rings is 1. The molecule has 7 heteroatoms. The number of carbonyl (C=O) groups is 2. The number of hydrogen-bond donors (Lipinski definition) is 1. The first kappa shape index (κ1) is 20.8. The van der Waals surface area contributed by atoms with E-state index in [9.17, 15) is 9.59 Å². The first-order chi connectivity index (χ1) is 14.1. The third-order valence-corrected chi connectivity index (χ3v) is 4.66. The number of carbonyl (C=O) groups excluding carboxylic acids is 2. The van der Waals surface area contributed by atoms with Gasteiger partial charge in [-0.25, -0.2) is 4.79 Å². The van der Waals surface area contributed by atoms with Crippen molar-refractivity contribution in [3.63, 3.8) is 0 Å². The summed E-state index contributed by atoms with van der Waals surface area (Å²) in [5.74, 6) is -0.148. The quantitative estimate of drug-likeness (QED) is 0.686. The molecule has 0 unspecified atom stereocenters. The van der Waals surface area contributed by atoms with E-state index in [0.29, 0.717) is 12.1 Å². The number of amides is 1. The average Bonchev–Trinajstić information content (AvgIpc) is 2.77. The van der Waals surface area contributed by atoms with Crippen molar-refractivity contribution >= 4 is 11.9 Å². The Hall–Kier alpha value is -2.90. The van der Waals surface area contributed by atoms with E-state index in [1.807, 2.05) is 36.4 Å². The number of hydrogen-bond acceptors (Lipinski definition) is 6. The Morgan fingerprint density at radius 2 is 1.83 bits per heavy atom. The highest BCUT2D eigenvalue weighted by atomic mass is 16.5. The highest BCUT2D eigenvalue weighted by Crippen LogP contribution is 2.12.